The minimum absolute atomic E-state index is 0.145. The van der Waals surface area contributed by atoms with Crippen molar-refractivity contribution >= 4 is 0 Å². The highest BCUT2D eigenvalue weighted by Gasteiger charge is 2.44. The van der Waals surface area contributed by atoms with Gasteiger partial charge in [-0.3, -0.25) is 4.90 Å². The zero-order valence-electron chi connectivity index (χ0n) is 14.9. The van der Waals surface area contributed by atoms with Crippen molar-refractivity contribution in [1.82, 2.24) is 10.2 Å². The van der Waals surface area contributed by atoms with Gasteiger partial charge in [0.15, 0.2) is 0 Å². The Hall–Kier alpha value is -2.16. The number of nitrogens with one attached hydrogen (secondary N) is 1. The van der Waals surface area contributed by atoms with E-state index in [1.807, 2.05) is 12.2 Å². The molecular weight excluding hydrogens is 304 g/mol. The van der Waals surface area contributed by atoms with Gasteiger partial charge in [-0.15, -0.1) is 13.2 Å². The summed E-state index contributed by atoms with van der Waals surface area (Å²) in [6, 6.07) is 21.9. The largest absolute Gasteiger partial charge is 0.308 e. The molecule has 2 heteroatoms. The van der Waals surface area contributed by atoms with E-state index in [2.05, 4.69) is 84.0 Å². The summed E-state index contributed by atoms with van der Waals surface area (Å²) in [5, 5.41) is 3.74. The van der Waals surface area contributed by atoms with Crippen molar-refractivity contribution in [2.24, 2.45) is 0 Å². The molecule has 1 N–H and O–H groups in total. The van der Waals surface area contributed by atoms with Crippen molar-refractivity contribution in [1.29, 1.82) is 0 Å². The van der Waals surface area contributed by atoms with Gasteiger partial charge in [0.25, 0.3) is 0 Å². The van der Waals surface area contributed by atoms with Gasteiger partial charge in [-0.05, 0) is 30.5 Å². The van der Waals surface area contributed by atoms with Crippen LogP contribution in [0.4, 0.5) is 0 Å². The molecule has 1 aliphatic rings. The van der Waals surface area contributed by atoms with Gasteiger partial charge in [0.1, 0.15) is 0 Å². The summed E-state index contributed by atoms with van der Waals surface area (Å²) in [7, 11) is 0. The van der Waals surface area contributed by atoms with Crippen molar-refractivity contribution in [2.45, 2.75) is 24.4 Å². The SMILES string of the molecule is C=CCCNC1(CC=C)CN(C(c2ccccc2)c2ccccc2)C1. The maximum Gasteiger partial charge on any atom is 0.0603 e. The lowest BCUT2D eigenvalue weighted by atomic mass is 9.82. The highest BCUT2D eigenvalue weighted by Crippen LogP contribution is 2.37. The molecule has 25 heavy (non-hydrogen) atoms. The molecule has 0 atom stereocenters. The van der Waals surface area contributed by atoms with Crippen molar-refractivity contribution in [3.8, 4) is 0 Å². The van der Waals surface area contributed by atoms with Gasteiger partial charge < -0.3 is 5.32 Å². The Morgan fingerprint density at radius 3 is 1.96 bits per heavy atom. The summed E-state index contributed by atoms with van der Waals surface area (Å²) in [5.74, 6) is 0. The molecule has 0 aliphatic carbocycles. The summed E-state index contributed by atoms with van der Waals surface area (Å²) >= 11 is 0. The molecule has 0 aromatic heterocycles. The van der Waals surface area contributed by atoms with Gasteiger partial charge in [-0.25, -0.2) is 0 Å². The predicted octanol–water partition coefficient (Wildman–Crippen LogP) is 4.57. The molecule has 1 aliphatic heterocycles. The van der Waals surface area contributed by atoms with E-state index in [9.17, 15) is 0 Å². The Morgan fingerprint density at radius 1 is 0.920 bits per heavy atom. The third-order valence-corrected chi connectivity index (χ3v) is 4.99. The van der Waals surface area contributed by atoms with E-state index in [0.717, 1.165) is 32.5 Å². The van der Waals surface area contributed by atoms with Crippen LogP contribution < -0.4 is 5.32 Å². The molecule has 0 spiro atoms. The van der Waals surface area contributed by atoms with Gasteiger partial charge in [0, 0.05) is 18.6 Å². The van der Waals surface area contributed by atoms with Crippen LogP contribution in [0.3, 0.4) is 0 Å². The second-order valence-corrected chi connectivity index (χ2v) is 6.91. The van der Waals surface area contributed by atoms with Crippen molar-refractivity contribution < 1.29 is 0 Å². The Kier molecular flexibility index (Phi) is 5.85. The van der Waals surface area contributed by atoms with Crippen LogP contribution in [0.15, 0.2) is 86.0 Å². The van der Waals surface area contributed by atoms with Crippen LogP contribution in [0.25, 0.3) is 0 Å². The summed E-state index contributed by atoms with van der Waals surface area (Å²) in [4.78, 5) is 2.56. The second kappa shape index (κ2) is 8.28. The maximum absolute atomic E-state index is 3.96. The Bertz CT molecular complexity index is 632. The fraction of sp³-hybridized carbons (Fsp3) is 0.304. The van der Waals surface area contributed by atoms with Crippen molar-refractivity contribution in [3.63, 3.8) is 0 Å². The lowest BCUT2D eigenvalue weighted by Gasteiger charge is -2.54. The van der Waals surface area contributed by atoms with Crippen LogP contribution >= 0.6 is 0 Å². The fourth-order valence-electron chi connectivity index (χ4n) is 3.83. The molecule has 2 aromatic rings. The van der Waals surface area contributed by atoms with E-state index in [4.69, 9.17) is 0 Å². The number of nitrogens with zero attached hydrogens (tertiary/aromatic N) is 1. The van der Waals surface area contributed by atoms with E-state index >= 15 is 0 Å². The number of hydrogen-bond donors (Lipinski definition) is 1. The summed E-state index contributed by atoms with van der Waals surface area (Å²) in [5.41, 5.74) is 2.85. The Morgan fingerprint density at radius 2 is 1.48 bits per heavy atom. The minimum atomic E-state index is 0.145. The lowest BCUT2D eigenvalue weighted by Crippen LogP contribution is -2.69. The third-order valence-electron chi connectivity index (χ3n) is 4.99. The molecule has 130 valence electrons. The number of likely N-dealkylation sites (tertiary alicyclic amines) is 1. The highest BCUT2D eigenvalue weighted by molar-refractivity contribution is 5.33. The van der Waals surface area contributed by atoms with E-state index in [-0.39, 0.29) is 5.54 Å². The van der Waals surface area contributed by atoms with Crippen molar-refractivity contribution in [3.05, 3.63) is 97.1 Å². The summed E-state index contributed by atoms with van der Waals surface area (Å²) in [6.45, 7) is 10.8. The van der Waals surface area contributed by atoms with Crippen LogP contribution in [0.2, 0.25) is 0 Å². The smallest absolute Gasteiger partial charge is 0.0603 e. The zero-order chi connectivity index (χ0) is 17.5. The van der Waals surface area contributed by atoms with Crippen LogP contribution in [-0.4, -0.2) is 30.1 Å². The van der Waals surface area contributed by atoms with Gasteiger partial charge in [-0.2, -0.15) is 0 Å². The molecule has 3 rings (SSSR count). The van der Waals surface area contributed by atoms with Gasteiger partial charge in [-0.1, -0.05) is 72.8 Å². The molecule has 1 saturated heterocycles. The average molecular weight is 332 g/mol. The van der Waals surface area contributed by atoms with Gasteiger partial charge in [0.05, 0.1) is 6.04 Å². The van der Waals surface area contributed by atoms with E-state index < -0.39 is 0 Å². The van der Waals surface area contributed by atoms with Crippen LogP contribution in [0, 0.1) is 0 Å². The standard InChI is InChI=1S/C23H28N2/c1-3-5-17-24-23(16-4-2)18-25(19-23)22(20-12-8-6-9-13-20)21-14-10-7-11-15-21/h3-4,6-15,22,24H,1-2,5,16-19H2. The first-order valence-electron chi connectivity index (χ1n) is 9.09. The van der Waals surface area contributed by atoms with E-state index in [0.29, 0.717) is 6.04 Å². The highest BCUT2D eigenvalue weighted by atomic mass is 15.3. The van der Waals surface area contributed by atoms with E-state index in [1.54, 1.807) is 0 Å². The second-order valence-electron chi connectivity index (χ2n) is 6.91. The average Bonchev–Trinajstić information content (AvgIpc) is 2.62. The number of hydrogen-bond acceptors (Lipinski definition) is 2. The number of rotatable bonds is 9. The van der Waals surface area contributed by atoms with Crippen LogP contribution in [0.5, 0.6) is 0 Å². The first-order chi connectivity index (χ1) is 12.3. The number of benzene rings is 2. The molecule has 2 nitrogen and oxygen atoms in total. The fourth-order valence-corrected chi connectivity index (χ4v) is 3.83. The molecule has 1 heterocycles. The molecule has 0 radical (unpaired) electrons. The van der Waals surface area contributed by atoms with Crippen LogP contribution in [0.1, 0.15) is 30.0 Å². The van der Waals surface area contributed by atoms with Crippen molar-refractivity contribution in [2.75, 3.05) is 19.6 Å². The van der Waals surface area contributed by atoms with Crippen LogP contribution in [-0.2, 0) is 0 Å². The molecule has 0 amide bonds. The third kappa shape index (κ3) is 4.09. The predicted molar refractivity (Wildman–Crippen MR) is 107 cm³/mol. The van der Waals surface area contributed by atoms with Gasteiger partial charge >= 0.3 is 0 Å². The monoisotopic (exact) mass is 332 g/mol. The summed E-state index contributed by atoms with van der Waals surface area (Å²) in [6.07, 6.45) is 6.01. The van der Waals surface area contributed by atoms with E-state index in [1.165, 1.54) is 11.1 Å². The molecule has 0 saturated carbocycles. The topological polar surface area (TPSA) is 15.3 Å². The Balaban J connectivity index is 1.79. The molecule has 1 fully saturated rings. The first kappa shape index (κ1) is 17.7. The van der Waals surface area contributed by atoms with Gasteiger partial charge in [0.2, 0.25) is 0 Å². The lowest BCUT2D eigenvalue weighted by molar-refractivity contribution is 0.0190. The first-order valence-corrected chi connectivity index (χ1v) is 9.09. The summed E-state index contributed by atoms with van der Waals surface area (Å²) < 4.78 is 0. The molecule has 2 aromatic carbocycles. The quantitative estimate of drug-likeness (QED) is 0.534. The molecule has 0 bridgehead atoms. The maximum atomic E-state index is 3.96. The Labute approximate surface area is 151 Å². The molecule has 0 unspecified atom stereocenters. The minimum Gasteiger partial charge on any atom is -0.308 e. The normalized spacial score (nSPS) is 16.4. The zero-order valence-corrected chi connectivity index (χ0v) is 14.9. The molecular formula is C23H28N2.